The fourth-order valence-electron chi connectivity index (χ4n) is 3.85. The maximum atomic E-state index is 13.3. The lowest BCUT2D eigenvalue weighted by atomic mass is 10.1. The number of halogens is 1. The molecule has 146 valence electrons. The highest BCUT2D eigenvalue weighted by Crippen LogP contribution is 2.29. The zero-order valence-corrected chi connectivity index (χ0v) is 16.0. The van der Waals surface area contributed by atoms with E-state index in [1.807, 2.05) is 16.9 Å². The van der Waals surface area contributed by atoms with E-state index >= 15 is 0 Å². The summed E-state index contributed by atoms with van der Waals surface area (Å²) in [5.41, 5.74) is 5.29. The second-order valence-electron chi connectivity index (χ2n) is 7.05. The molecule has 3 heterocycles. The van der Waals surface area contributed by atoms with Crippen LogP contribution in [0.4, 0.5) is 16.0 Å². The molecule has 0 saturated heterocycles. The molecule has 0 bridgehead atoms. The number of anilines is 2. The Morgan fingerprint density at radius 1 is 1.17 bits per heavy atom. The van der Waals surface area contributed by atoms with Gasteiger partial charge in [0, 0.05) is 22.9 Å². The quantitative estimate of drug-likeness (QED) is 0.539. The number of nitrogens with zero attached hydrogens (tertiary/aromatic N) is 5. The molecule has 1 aliphatic carbocycles. The van der Waals surface area contributed by atoms with Crippen LogP contribution < -0.4 is 5.32 Å². The van der Waals surface area contributed by atoms with Crippen molar-refractivity contribution in [1.82, 2.24) is 29.9 Å². The van der Waals surface area contributed by atoms with Gasteiger partial charge in [0.15, 0.2) is 11.6 Å². The first kappa shape index (κ1) is 17.5. The van der Waals surface area contributed by atoms with Crippen molar-refractivity contribution in [2.45, 2.75) is 32.6 Å². The molecule has 0 spiro atoms. The van der Waals surface area contributed by atoms with E-state index in [1.165, 1.54) is 29.7 Å². The van der Waals surface area contributed by atoms with Crippen LogP contribution in [0.3, 0.4) is 0 Å². The largest absolute Gasteiger partial charge is 0.323 e. The molecule has 5 rings (SSSR count). The van der Waals surface area contributed by atoms with E-state index in [4.69, 9.17) is 0 Å². The first-order valence-electron chi connectivity index (χ1n) is 9.71. The van der Waals surface area contributed by atoms with Gasteiger partial charge >= 0.3 is 0 Å². The molecule has 1 aromatic carbocycles. The lowest BCUT2D eigenvalue weighted by Crippen LogP contribution is -2.05. The summed E-state index contributed by atoms with van der Waals surface area (Å²) < 4.78 is 15.1. The highest BCUT2D eigenvalue weighted by atomic mass is 19.1. The molecular weight excluding hydrogens is 369 g/mol. The summed E-state index contributed by atoms with van der Waals surface area (Å²) in [5.74, 6) is 1.81. The summed E-state index contributed by atoms with van der Waals surface area (Å²) in [4.78, 5) is 8.73. The van der Waals surface area contributed by atoms with Gasteiger partial charge in [-0.05, 0) is 55.5 Å². The Morgan fingerprint density at radius 2 is 2.03 bits per heavy atom. The molecule has 0 amide bonds. The van der Waals surface area contributed by atoms with Crippen LogP contribution in [0.2, 0.25) is 0 Å². The van der Waals surface area contributed by atoms with Crippen molar-refractivity contribution in [3.05, 3.63) is 65.5 Å². The van der Waals surface area contributed by atoms with Gasteiger partial charge in [0.25, 0.3) is 0 Å². The minimum Gasteiger partial charge on any atom is -0.323 e. The average Bonchev–Trinajstić information content (AvgIpc) is 3.44. The van der Waals surface area contributed by atoms with Crippen molar-refractivity contribution in [2.24, 2.45) is 0 Å². The number of hydrogen-bond donors (Lipinski definition) is 2. The third-order valence-corrected chi connectivity index (χ3v) is 5.28. The van der Waals surface area contributed by atoms with Crippen LogP contribution in [0.5, 0.6) is 0 Å². The zero-order valence-electron chi connectivity index (χ0n) is 16.0. The van der Waals surface area contributed by atoms with Gasteiger partial charge in [-0.2, -0.15) is 10.2 Å². The summed E-state index contributed by atoms with van der Waals surface area (Å²) in [6.07, 6.45) is 7.46. The van der Waals surface area contributed by atoms with E-state index in [2.05, 4.69) is 37.5 Å². The van der Waals surface area contributed by atoms with E-state index < -0.39 is 0 Å². The fourth-order valence-corrected chi connectivity index (χ4v) is 3.85. The number of nitrogens with one attached hydrogen (secondary N) is 2. The molecule has 0 aliphatic heterocycles. The molecule has 0 unspecified atom stereocenters. The van der Waals surface area contributed by atoms with Crippen molar-refractivity contribution in [3.63, 3.8) is 0 Å². The molecular formula is C21H20FN7. The second-order valence-corrected chi connectivity index (χ2v) is 7.05. The van der Waals surface area contributed by atoms with Crippen LogP contribution in [-0.4, -0.2) is 29.9 Å². The zero-order chi connectivity index (χ0) is 19.8. The number of aryl methyl sites for hydroxylation is 1. The first-order chi connectivity index (χ1) is 14.2. The lowest BCUT2D eigenvalue weighted by molar-refractivity contribution is 0.628. The van der Waals surface area contributed by atoms with Crippen LogP contribution in [0, 0.1) is 5.82 Å². The molecule has 29 heavy (non-hydrogen) atoms. The number of aromatic nitrogens is 6. The maximum absolute atomic E-state index is 13.3. The minimum atomic E-state index is -0.261. The lowest BCUT2D eigenvalue weighted by Gasteiger charge is -2.08. The summed E-state index contributed by atoms with van der Waals surface area (Å²) in [7, 11) is 0. The Hall–Kier alpha value is -3.55. The fraction of sp³-hybridized carbons (Fsp3) is 0.238. The average molecular weight is 389 g/mol. The smallest absolute Gasteiger partial charge is 0.159 e. The Kier molecular flexibility index (Phi) is 4.31. The van der Waals surface area contributed by atoms with Gasteiger partial charge in [-0.3, -0.25) is 5.10 Å². The Labute approximate surface area is 167 Å². The predicted octanol–water partition coefficient (Wildman–Crippen LogP) is 3.99. The molecule has 0 radical (unpaired) electrons. The summed E-state index contributed by atoms with van der Waals surface area (Å²) in [5, 5.41) is 15.3. The third-order valence-electron chi connectivity index (χ3n) is 5.28. The standard InChI is InChI=1S/C21H20FN7/c1-2-16-20(13-6-8-15(22)9-7-13)27-28-21(16)26-18-10-19(24-12-23-18)29-17-5-3-4-14(17)11-25-29/h6-12H,2-5H2,1H3,(H2,23,24,26,27,28). The van der Waals surface area contributed by atoms with Gasteiger partial charge in [0.2, 0.25) is 0 Å². The molecule has 8 heteroatoms. The number of aromatic amines is 1. The molecule has 2 N–H and O–H groups in total. The normalized spacial score (nSPS) is 12.9. The molecule has 0 fully saturated rings. The van der Waals surface area contributed by atoms with Gasteiger partial charge in [-0.25, -0.2) is 19.0 Å². The van der Waals surface area contributed by atoms with E-state index in [0.717, 1.165) is 48.3 Å². The van der Waals surface area contributed by atoms with Crippen molar-refractivity contribution in [2.75, 3.05) is 5.32 Å². The molecule has 0 atom stereocenters. The van der Waals surface area contributed by atoms with Crippen molar-refractivity contribution in [3.8, 4) is 17.1 Å². The van der Waals surface area contributed by atoms with Gasteiger partial charge in [-0.1, -0.05) is 6.92 Å². The second kappa shape index (κ2) is 7.12. The molecule has 4 aromatic rings. The SMILES string of the molecule is CCc1c(Nc2cc(-n3ncc4c3CCC4)ncn2)n[nH]c1-c1ccc(F)cc1. The van der Waals surface area contributed by atoms with Crippen LogP contribution in [0.1, 0.15) is 30.2 Å². The summed E-state index contributed by atoms with van der Waals surface area (Å²) in [6.45, 7) is 2.06. The monoisotopic (exact) mass is 389 g/mol. The number of benzene rings is 1. The number of hydrogen-bond acceptors (Lipinski definition) is 5. The number of H-pyrrole nitrogens is 1. The van der Waals surface area contributed by atoms with E-state index in [-0.39, 0.29) is 5.82 Å². The maximum Gasteiger partial charge on any atom is 0.159 e. The van der Waals surface area contributed by atoms with Gasteiger partial charge < -0.3 is 5.32 Å². The van der Waals surface area contributed by atoms with E-state index in [0.29, 0.717) is 11.6 Å². The highest BCUT2D eigenvalue weighted by molar-refractivity contribution is 5.71. The van der Waals surface area contributed by atoms with Crippen molar-refractivity contribution >= 4 is 11.6 Å². The van der Waals surface area contributed by atoms with Crippen molar-refractivity contribution in [1.29, 1.82) is 0 Å². The Bertz CT molecular complexity index is 1160. The minimum absolute atomic E-state index is 0.261. The topological polar surface area (TPSA) is 84.3 Å². The predicted molar refractivity (Wildman–Crippen MR) is 108 cm³/mol. The Balaban J connectivity index is 1.46. The molecule has 7 nitrogen and oxygen atoms in total. The van der Waals surface area contributed by atoms with E-state index in [9.17, 15) is 4.39 Å². The van der Waals surface area contributed by atoms with Crippen LogP contribution >= 0.6 is 0 Å². The number of fused-ring (bicyclic) bond motifs is 1. The van der Waals surface area contributed by atoms with Gasteiger partial charge in [-0.15, -0.1) is 0 Å². The first-order valence-corrected chi connectivity index (χ1v) is 9.71. The summed E-state index contributed by atoms with van der Waals surface area (Å²) in [6, 6.07) is 8.25. The van der Waals surface area contributed by atoms with Crippen LogP contribution in [0.25, 0.3) is 17.1 Å². The summed E-state index contributed by atoms with van der Waals surface area (Å²) >= 11 is 0. The number of rotatable bonds is 5. The molecule has 0 saturated carbocycles. The van der Waals surface area contributed by atoms with Gasteiger partial charge in [0.1, 0.15) is 18.0 Å². The highest BCUT2D eigenvalue weighted by Gasteiger charge is 2.19. The van der Waals surface area contributed by atoms with E-state index in [1.54, 1.807) is 12.1 Å². The van der Waals surface area contributed by atoms with Crippen molar-refractivity contribution < 1.29 is 4.39 Å². The Morgan fingerprint density at radius 3 is 2.86 bits per heavy atom. The van der Waals surface area contributed by atoms with Gasteiger partial charge in [0.05, 0.1) is 11.9 Å². The third kappa shape index (κ3) is 3.16. The molecule has 3 aromatic heterocycles. The molecule has 1 aliphatic rings. The van der Waals surface area contributed by atoms with Crippen LogP contribution in [0.15, 0.2) is 42.9 Å². The van der Waals surface area contributed by atoms with Crippen LogP contribution in [-0.2, 0) is 19.3 Å².